The highest BCUT2D eigenvalue weighted by molar-refractivity contribution is 7.89. The number of carboxylic acids is 1. The number of rotatable bonds is 8. The third kappa shape index (κ3) is 5.81. The van der Waals surface area contributed by atoms with E-state index in [2.05, 4.69) is 5.32 Å². The van der Waals surface area contributed by atoms with Crippen LogP contribution in [0.5, 0.6) is 0 Å². The van der Waals surface area contributed by atoms with Crippen LogP contribution in [0.1, 0.15) is 38.2 Å². The van der Waals surface area contributed by atoms with Gasteiger partial charge in [-0.3, -0.25) is 9.59 Å². The molecule has 1 unspecified atom stereocenters. The molecule has 1 aromatic rings. The summed E-state index contributed by atoms with van der Waals surface area (Å²) in [4.78, 5) is 22.8. The summed E-state index contributed by atoms with van der Waals surface area (Å²) in [5.74, 6) is -1.25. The molecule has 26 heavy (non-hydrogen) atoms. The van der Waals surface area contributed by atoms with E-state index in [4.69, 9.17) is 5.11 Å². The minimum atomic E-state index is -3.46. The third-order valence-electron chi connectivity index (χ3n) is 4.41. The fourth-order valence-corrected chi connectivity index (χ4v) is 4.46. The fraction of sp³-hybridized carbons (Fsp3) is 0.556. The first-order valence-electron chi connectivity index (χ1n) is 8.86. The molecule has 1 fully saturated rings. The van der Waals surface area contributed by atoms with E-state index < -0.39 is 16.0 Å². The molecule has 144 valence electrons. The molecule has 0 spiro atoms. The summed E-state index contributed by atoms with van der Waals surface area (Å²) >= 11 is 0. The molecule has 0 radical (unpaired) electrons. The number of carboxylic acid groups (broad SMARTS) is 1. The van der Waals surface area contributed by atoms with E-state index in [1.165, 1.54) is 4.31 Å². The zero-order valence-electron chi connectivity index (χ0n) is 15.0. The summed E-state index contributed by atoms with van der Waals surface area (Å²) < 4.78 is 26.7. The number of benzene rings is 1. The standard InChI is InChI=1S/C18H26N2O5S/c1-14(11-18(22)23)13-19-17(21)12-15-5-7-16(8-6-15)26(24,25)20-9-3-2-4-10-20/h5-8,14H,2-4,9-13H2,1H3,(H,19,21)(H,22,23). The topological polar surface area (TPSA) is 104 Å². The Morgan fingerprint density at radius 1 is 1.15 bits per heavy atom. The van der Waals surface area contributed by atoms with E-state index in [0.717, 1.165) is 19.3 Å². The van der Waals surface area contributed by atoms with Crippen LogP contribution >= 0.6 is 0 Å². The SMILES string of the molecule is CC(CNC(=O)Cc1ccc(S(=O)(=O)N2CCCCC2)cc1)CC(=O)O. The van der Waals surface area contributed by atoms with Crippen molar-refractivity contribution >= 4 is 21.9 Å². The molecule has 1 aliphatic rings. The number of aliphatic carboxylic acids is 1. The van der Waals surface area contributed by atoms with E-state index in [9.17, 15) is 18.0 Å². The second-order valence-electron chi connectivity index (χ2n) is 6.79. The third-order valence-corrected chi connectivity index (χ3v) is 6.32. The van der Waals surface area contributed by atoms with Crippen molar-refractivity contribution in [3.63, 3.8) is 0 Å². The number of nitrogens with zero attached hydrogens (tertiary/aromatic N) is 1. The lowest BCUT2D eigenvalue weighted by molar-refractivity contribution is -0.138. The zero-order valence-corrected chi connectivity index (χ0v) is 15.8. The Kier molecular flexibility index (Phi) is 7.16. The molecule has 2 rings (SSSR count). The van der Waals surface area contributed by atoms with Gasteiger partial charge in [-0.1, -0.05) is 25.5 Å². The Bertz CT molecular complexity index is 724. The van der Waals surface area contributed by atoms with Gasteiger partial charge in [0.1, 0.15) is 0 Å². The highest BCUT2D eigenvalue weighted by Gasteiger charge is 2.25. The Labute approximate surface area is 154 Å². The van der Waals surface area contributed by atoms with Gasteiger partial charge in [-0.2, -0.15) is 4.31 Å². The van der Waals surface area contributed by atoms with Crippen molar-refractivity contribution in [2.24, 2.45) is 5.92 Å². The molecule has 1 aromatic carbocycles. The van der Waals surface area contributed by atoms with Crippen molar-refractivity contribution in [3.8, 4) is 0 Å². The number of hydrogen-bond donors (Lipinski definition) is 2. The minimum Gasteiger partial charge on any atom is -0.481 e. The predicted molar refractivity (Wildman–Crippen MR) is 97.2 cm³/mol. The second-order valence-corrected chi connectivity index (χ2v) is 8.73. The molecule has 1 amide bonds. The van der Waals surface area contributed by atoms with Crippen LogP contribution in [0, 0.1) is 5.92 Å². The molecule has 2 N–H and O–H groups in total. The quantitative estimate of drug-likeness (QED) is 0.711. The predicted octanol–water partition coefficient (Wildman–Crippen LogP) is 1.63. The van der Waals surface area contributed by atoms with E-state index >= 15 is 0 Å². The maximum Gasteiger partial charge on any atom is 0.303 e. The normalized spacial score (nSPS) is 16.8. The first kappa shape index (κ1) is 20.4. The van der Waals surface area contributed by atoms with Gasteiger partial charge >= 0.3 is 5.97 Å². The van der Waals surface area contributed by atoms with Crippen LogP contribution in [0.25, 0.3) is 0 Å². The number of nitrogens with one attached hydrogen (secondary N) is 1. The van der Waals surface area contributed by atoms with Crippen LogP contribution in [0.2, 0.25) is 0 Å². The van der Waals surface area contributed by atoms with Crippen LogP contribution in [-0.2, 0) is 26.0 Å². The monoisotopic (exact) mass is 382 g/mol. The largest absolute Gasteiger partial charge is 0.481 e. The van der Waals surface area contributed by atoms with Crippen molar-refractivity contribution in [2.75, 3.05) is 19.6 Å². The average molecular weight is 382 g/mol. The number of sulfonamides is 1. The fourth-order valence-electron chi connectivity index (χ4n) is 2.94. The molecule has 0 bridgehead atoms. The number of carbonyl (C=O) groups excluding carboxylic acids is 1. The minimum absolute atomic E-state index is 0.00331. The lowest BCUT2D eigenvalue weighted by atomic mass is 10.1. The molecule has 1 saturated heterocycles. The van der Waals surface area contributed by atoms with Gasteiger partial charge in [-0.25, -0.2) is 8.42 Å². The molecule has 1 heterocycles. The molecule has 1 atom stereocenters. The first-order valence-corrected chi connectivity index (χ1v) is 10.3. The summed E-state index contributed by atoms with van der Waals surface area (Å²) in [6, 6.07) is 6.38. The molecular formula is C18H26N2O5S. The summed E-state index contributed by atoms with van der Waals surface area (Å²) in [6.07, 6.45) is 2.97. The Balaban J connectivity index is 1.90. The van der Waals surface area contributed by atoms with Crippen LogP contribution in [-0.4, -0.2) is 49.3 Å². The van der Waals surface area contributed by atoms with Crippen molar-refractivity contribution in [1.29, 1.82) is 0 Å². The van der Waals surface area contributed by atoms with Crippen LogP contribution in [0.3, 0.4) is 0 Å². The summed E-state index contributed by atoms with van der Waals surface area (Å²) in [6.45, 7) is 3.17. The van der Waals surface area contributed by atoms with Gasteiger partial charge in [0.2, 0.25) is 15.9 Å². The van der Waals surface area contributed by atoms with Gasteiger partial charge in [-0.05, 0) is 36.5 Å². The smallest absolute Gasteiger partial charge is 0.303 e. The van der Waals surface area contributed by atoms with Crippen molar-refractivity contribution in [3.05, 3.63) is 29.8 Å². The van der Waals surface area contributed by atoms with Gasteiger partial charge in [0, 0.05) is 26.1 Å². The van der Waals surface area contributed by atoms with Gasteiger partial charge in [-0.15, -0.1) is 0 Å². The lowest BCUT2D eigenvalue weighted by Crippen LogP contribution is -2.35. The maximum absolute atomic E-state index is 12.6. The molecule has 8 heteroatoms. The maximum atomic E-state index is 12.6. The summed E-state index contributed by atoms with van der Waals surface area (Å²) in [5.41, 5.74) is 0.714. The van der Waals surface area contributed by atoms with Gasteiger partial charge in [0.05, 0.1) is 11.3 Å². The summed E-state index contributed by atoms with van der Waals surface area (Å²) in [7, 11) is -3.46. The highest BCUT2D eigenvalue weighted by atomic mass is 32.2. The molecule has 1 aliphatic heterocycles. The van der Waals surface area contributed by atoms with Crippen molar-refractivity contribution in [1.82, 2.24) is 9.62 Å². The van der Waals surface area contributed by atoms with E-state index in [1.807, 2.05) is 0 Å². The van der Waals surface area contributed by atoms with E-state index in [1.54, 1.807) is 31.2 Å². The second kappa shape index (κ2) is 9.14. The van der Waals surface area contributed by atoms with Crippen LogP contribution in [0.4, 0.5) is 0 Å². The van der Waals surface area contributed by atoms with Gasteiger partial charge in [0.15, 0.2) is 0 Å². The Morgan fingerprint density at radius 2 is 1.77 bits per heavy atom. The zero-order chi connectivity index (χ0) is 19.2. The molecule has 0 saturated carbocycles. The van der Waals surface area contributed by atoms with E-state index in [-0.39, 0.29) is 29.6 Å². The number of amides is 1. The highest BCUT2D eigenvalue weighted by Crippen LogP contribution is 2.21. The first-order chi connectivity index (χ1) is 12.3. The number of hydrogen-bond acceptors (Lipinski definition) is 4. The van der Waals surface area contributed by atoms with Crippen LogP contribution < -0.4 is 5.32 Å². The summed E-state index contributed by atoms with van der Waals surface area (Å²) in [5, 5.41) is 11.4. The number of piperidine rings is 1. The molecule has 7 nitrogen and oxygen atoms in total. The van der Waals surface area contributed by atoms with Crippen molar-refractivity contribution < 1.29 is 23.1 Å². The Hall–Kier alpha value is -1.93. The Morgan fingerprint density at radius 3 is 2.35 bits per heavy atom. The van der Waals surface area contributed by atoms with Crippen LogP contribution in [0.15, 0.2) is 29.2 Å². The van der Waals surface area contributed by atoms with Gasteiger partial charge in [0.25, 0.3) is 0 Å². The number of carbonyl (C=O) groups is 2. The molecular weight excluding hydrogens is 356 g/mol. The van der Waals surface area contributed by atoms with Gasteiger partial charge < -0.3 is 10.4 Å². The average Bonchev–Trinajstić information content (AvgIpc) is 2.61. The van der Waals surface area contributed by atoms with E-state index in [0.29, 0.717) is 25.2 Å². The molecule has 0 aliphatic carbocycles. The molecule has 0 aromatic heterocycles. The van der Waals surface area contributed by atoms with Crippen molar-refractivity contribution in [2.45, 2.75) is 43.9 Å². The lowest BCUT2D eigenvalue weighted by Gasteiger charge is -2.25.